The van der Waals surface area contributed by atoms with Crippen LogP contribution in [-0.4, -0.2) is 46.8 Å². The van der Waals surface area contributed by atoms with E-state index in [9.17, 15) is 29.9 Å². The second kappa shape index (κ2) is 9.82. The van der Waals surface area contributed by atoms with Crippen LogP contribution >= 0.6 is 0 Å². The van der Waals surface area contributed by atoms with Crippen molar-refractivity contribution in [1.82, 2.24) is 5.32 Å². The highest BCUT2D eigenvalue weighted by atomic mass is 16.6. The first kappa shape index (κ1) is 23.1. The average molecular weight is 462 g/mol. The van der Waals surface area contributed by atoms with Crippen molar-refractivity contribution in [3.8, 4) is 11.1 Å². The minimum atomic E-state index is -1.56. The van der Waals surface area contributed by atoms with Crippen molar-refractivity contribution in [1.29, 1.82) is 0 Å². The summed E-state index contributed by atoms with van der Waals surface area (Å²) in [7, 11) is 0. The molecule has 2 atom stereocenters. The highest BCUT2D eigenvalue weighted by molar-refractivity contribution is 5.79. The maximum atomic E-state index is 12.3. The van der Waals surface area contributed by atoms with Gasteiger partial charge in [0.05, 0.1) is 4.92 Å². The van der Waals surface area contributed by atoms with E-state index < -0.39 is 28.9 Å². The Morgan fingerprint density at radius 3 is 2.26 bits per heavy atom. The van der Waals surface area contributed by atoms with Gasteiger partial charge in [0.2, 0.25) is 0 Å². The van der Waals surface area contributed by atoms with Crippen molar-refractivity contribution >= 4 is 18.1 Å². The second-order valence-corrected chi connectivity index (χ2v) is 7.95. The van der Waals surface area contributed by atoms with E-state index in [4.69, 9.17) is 4.74 Å². The first-order valence-corrected chi connectivity index (χ1v) is 10.6. The van der Waals surface area contributed by atoms with Gasteiger partial charge in [-0.25, -0.2) is 4.79 Å². The Balaban J connectivity index is 1.36. The molecule has 9 nitrogen and oxygen atoms in total. The third kappa shape index (κ3) is 4.66. The lowest BCUT2D eigenvalue weighted by Crippen LogP contribution is -2.36. The number of alkyl carbamates (subject to hydrolysis) is 1. The van der Waals surface area contributed by atoms with Crippen LogP contribution in [-0.2, 0) is 4.74 Å². The van der Waals surface area contributed by atoms with Crippen LogP contribution < -0.4 is 5.32 Å². The fourth-order valence-electron chi connectivity index (χ4n) is 4.17. The Kier molecular flexibility index (Phi) is 6.67. The molecule has 2 unspecified atom stereocenters. The lowest BCUT2D eigenvalue weighted by atomic mass is 9.98. The molecule has 9 heteroatoms. The molecule has 0 aromatic heterocycles. The number of carbonyl (C=O) groups is 2. The number of hydrogen-bond acceptors (Lipinski definition) is 7. The molecule has 1 aliphatic rings. The Morgan fingerprint density at radius 2 is 1.68 bits per heavy atom. The number of nitrogens with one attached hydrogen (secondary N) is 1. The standard InChI is InChI=1S/C25H22N2O7/c28-13-15-9-16(11-17(10-15)27(32)33)24(30)23(29)12-26-25(31)34-14-22-20-7-3-1-5-18(20)19-6-2-4-8-21(19)22/h1-11,13,22-24,29-30H,12,14H2,(H,26,31). The fraction of sp³-hybridized carbons (Fsp3) is 0.200. The zero-order valence-corrected chi connectivity index (χ0v) is 18.0. The van der Waals surface area contributed by atoms with Gasteiger partial charge in [-0.15, -0.1) is 0 Å². The van der Waals surface area contributed by atoms with Crippen molar-refractivity contribution in [2.75, 3.05) is 13.2 Å². The van der Waals surface area contributed by atoms with Gasteiger partial charge in [0.25, 0.3) is 5.69 Å². The summed E-state index contributed by atoms with van der Waals surface area (Å²) in [5.41, 5.74) is 3.88. The molecule has 0 saturated carbocycles. The van der Waals surface area contributed by atoms with Gasteiger partial charge in [-0.1, -0.05) is 48.5 Å². The molecule has 0 spiro atoms. The number of benzene rings is 3. The summed E-state index contributed by atoms with van der Waals surface area (Å²) in [6.07, 6.45) is -3.42. The zero-order chi connectivity index (χ0) is 24.2. The van der Waals surface area contributed by atoms with E-state index in [0.29, 0.717) is 6.29 Å². The van der Waals surface area contributed by atoms with Crippen molar-refractivity contribution in [3.05, 3.63) is 99.1 Å². The lowest BCUT2D eigenvalue weighted by Gasteiger charge is -2.19. The number of nitrogens with zero attached hydrogens (tertiary/aromatic N) is 1. The zero-order valence-electron chi connectivity index (χ0n) is 18.0. The van der Waals surface area contributed by atoms with Crippen LogP contribution in [0.5, 0.6) is 0 Å². The topological polar surface area (TPSA) is 139 Å². The van der Waals surface area contributed by atoms with Crippen LogP contribution in [0.25, 0.3) is 11.1 Å². The van der Waals surface area contributed by atoms with Gasteiger partial charge in [-0.3, -0.25) is 14.9 Å². The van der Waals surface area contributed by atoms with Crippen LogP contribution in [0.15, 0.2) is 66.7 Å². The molecule has 174 valence electrons. The Bertz CT molecular complexity index is 1200. The first-order valence-electron chi connectivity index (χ1n) is 10.6. The molecule has 3 aromatic carbocycles. The maximum absolute atomic E-state index is 12.3. The molecule has 34 heavy (non-hydrogen) atoms. The van der Waals surface area contributed by atoms with Crippen molar-refractivity contribution < 1.29 is 29.5 Å². The SMILES string of the molecule is O=Cc1cc(C(O)C(O)CNC(=O)OCC2c3ccccc3-c3ccccc32)cc([N+](=O)[O-])c1. The maximum Gasteiger partial charge on any atom is 0.407 e. The number of ether oxygens (including phenoxy) is 1. The molecule has 1 aliphatic carbocycles. The van der Waals surface area contributed by atoms with Gasteiger partial charge in [0.1, 0.15) is 25.1 Å². The summed E-state index contributed by atoms with van der Waals surface area (Å²) in [4.78, 5) is 33.6. The number of aliphatic hydroxyl groups excluding tert-OH is 2. The third-order valence-corrected chi connectivity index (χ3v) is 5.81. The number of amides is 1. The van der Waals surface area contributed by atoms with Gasteiger partial charge in [-0.05, 0) is 33.9 Å². The van der Waals surface area contributed by atoms with E-state index in [0.717, 1.165) is 34.4 Å². The lowest BCUT2D eigenvalue weighted by molar-refractivity contribution is -0.385. The van der Waals surface area contributed by atoms with E-state index in [1.165, 1.54) is 6.07 Å². The minimum Gasteiger partial charge on any atom is -0.449 e. The third-order valence-electron chi connectivity index (χ3n) is 5.81. The Hall–Kier alpha value is -4.08. The number of aldehydes is 1. The largest absolute Gasteiger partial charge is 0.449 e. The van der Waals surface area contributed by atoms with E-state index in [-0.39, 0.29) is 30.2 Å². The molecule has 1 amide bonds. The molecule has 0 saturated heterocycles. The molecule has 3 aromatic rings. The van der Waals surface area contributed by atoms with Gasteiger partial charge >= 0.3 is 6.09 Å². The molecule has 0 bridgehead atoms. The predicted molar refractivity (Wildman–Crippen MR) is 123 cm³/mol. The number of non-ortho nitro benzene ring substituents is 1. The summed E-state index contributed by atoms with van der Waals surface area (Å²) < 4.78 is 5.38. The molecule has 0 radical (unpaired) electrons. The summed E-state index contributed by atoms with van der Waals surface area (Å²) >= 11 is 0. The minimum absolute atomic E-state index is 0.0139. The number of rotatable bonds is 8. The van der Waals surface area contributed by atoms with Crippen LogP contribution in [0.4, 0.5) is 10.5 Å². The molecule has 0 aliphatic heterocycles. The summed E-state index contributed by atoms with van der Waals surface area (Å²) in [6, 6.07) is 19.2. The Morgan fingerprint density at radius 1 is 1.06 bits per heavy atom. The van der Waals surface area contributed by atoms with Crippen LogP contribution in [0.3, 0.4) is 0 Å². The number of aliphatic hydroxyl groups is 2. The first-order chi connectivity index (χ1) is 16.4. The van der Waals surface area contributed by atoms with Crippen molar-refractivity contribution in [2.24, 2.45) is 0 Å². The highest BCUT2D eigenvalue weighted by Gasteiger charge is 2.29. The van der Waals surface area contributed by atoms with Crippen LogP contribution in [0, 0.1) is 10.1 Å². The number of nitro benzene ring substituents is 1. The number of carbonyl (C=O) groups excluding carboxylic acids is 2. The highest BCUT2D eigenvalue weighted by Crippen LogP contribution is 2.44. The van der Waals surface area contributed by atoms with E-state index in [1.54, 1.807) is 0 Å². The van der Waals surface area contributed by atoms with Crippen molar-refractivity contribution in [3.63, 3.8) is 0 Å². The van der Waals surface area contributed by atoms with E-state index in [1.807, 2.05) is 48.5 Å². The fourth-order valence-corrected chi connectivity index (χ4v) is 4.17. The summed E-state index contributed by atoms with van der Waals surface area (Å²) in [6.45, 7) is -0.275. The number of fused-ring (bicyclic) bond motifs is 3. The predicted octanol–water partition coefficient (Wildman–Crippen LogP) is 3.34. The monoisotopic (exact) mass is 462 g/mol. The molecule has 0 heterocycles. The summed E-state index contributed by atoms with van der Waals surface area (Å²) in [5.74, 6) is -0.125. The average Bonchev–Trinajstić information content (AvgIpc) is 3.18. The number of nitro groups is 1. The molecule has 3 N–H and O–H groups in total. The smallest absolute Gasteiger partial charge is 0.407 e. The molecular weight excluding hydrogens is 440 g/mol. The van der Waals surface area contributed by atoms with Gasteiger partial charge in [0.15, 0.2) is 0 Å². The van der Waals surface area contributed by atoms with E-state index in [2.05, 4.69) is 5.32 Å². The molecule has 4 rings (SSSR count). The molecule has 0 fully saturated rings. The normalized spacial score (nSPS) is 13.9. The van der Waals surface area contributed by atoms with Gasteiger partial charge in [0, 0.05) is 30.2 Å². The molecular formula is C25H22N2O7. The summed E-state index contributed by atoms with van der Waals surface area (Å²) in [5, 5.41) is 34.1. The quantitative estimate of drug-likeness (QED) is 0.265. The number of hydrogen-bond donors (Lipinski definition) is 3. The van der Waals surface area contributed by atoms with Gasteiger partial charge in [-0.2, -0.15) is 0 Å². The van der Waals surface area contributed by atoms with Gasteiger partial charge < -0.3 is 20.3 Å². The van der Waals surface area contributed by atoms with E-state index >= 15 is 0 Å². The van der Waals surface area contributed by atoms with Crippen molar-refractivity contribution in [2.45, 2.75) is 18.1 Å². The van der Waals surface area contributed by atoms with Crippen LogP contribution in [0.1, 0.15) is 39.1 Å². The second-order valence-electron chi connectivity index (χ2n) is 7.95. The Labute approximate surface area is 194 Å². The van der Waals surface area contributed by atoms with Crippen LogP contribution in [0.2, 0.25) is 0 Å².